The molecule has 0 spiro atoms. The van der Waals surface area contributed by atoms with E-state index in [9.17, 15) is 14.0 Å². The number of pyridine rings is 1. The van der Waals surface area contributed by atoms with Gasteiger partial charge < -0.3 is 15.4 Å². The van der Waals surface area contributed by atoms with Crippen molar-refractivity contribution >= 4 is 85.5 Å². The molecule has 2 amide bonds. The molecular weight excluding hydrogens is 607 g/mol. The number of nitrogens with one attached hydrogen (secondary N) is 2. The van der Waals surface area contributed by atoms with E-state index in [1.165, 1.54) is 49.7 Å². The van der Waals surface area contributed by atoms with Gasteiger partial charge in [0.2, 0.25) is 11.8 Å². The van der Waals surface area contributed by atoms with Crippen LogP contribution in [0.2, 0.25) is 10.0 Å². The van der Waals surface area contributed by atoms with Gasteiger partial charge in [0.25, 0.3) is 5.91 Å². The molecule has 182 valence electrons. The van der Waals surface area contributed by atoms with E-state index in [2.05, 4.69) is 31.5 Å². The highest BCUT2D eigenvalue weighted by atomic mass is 79.9. The normalized spacial score (nSPS) is 18.0. The molecule has 0 bridgehead atoms. The zero-order valence-corrected chi connectivity index (χ0v) is 22.3. The largest absolute Gasteiger partial charge is 0.481 e. The van der Waals surface area contributed by atoms with Crippen molar-refractivity contribution < 1.29 is 18.7 Å². The average molecular weight is 622 g/mol. The number of ether oxygens (including phenoxy) is 1. The Bertz CT molecular complexity index is 1340. The number of carbonyl (C=O) groups excluding carboxylic acids is 2. The molecule has 6 nitrogen and oxygen atoms in total. The maximum absolute atomic E-state index is 13.5. The SMILES string of the molecule is COc1cc(NC(=O)c2cc(NC(=O)[C@@H]3[C@@H](c4ccc(F)c(Cl)c4)C3(Cl)Cl)ccc2Cl)c(Br)cn1. The molecule has 1 heterocycles. The van der Waals surface area contributed by atoms with Crippen LogP contribution >= 0.6 is 62.3 Å². The monoisotopic (exact) mass is 619 g/mol. The molecule has 12 heteroatoms. The van der Waals surface area contributed by atoms with Crippen molar-refractivity contribution in [2.75, 3.05) is 17.7 Å². The molecule has 4 rings (SSSR count). The summed E-state index contributed by atoms with van der Waals surface area (Å²) in [6.45, 7) is 0. The van der Waals surface area contributed by atoms with Crippen LogP contribution in [-0.4, -0.2) is 28.2 Å². The van der Waals surface area contributed by atoms with Crippen molar-refractivity contribution in [3.8, 4) is 5.88 Å². The van der Waals surface area contributed by atoms with E-state index in [1.54, 1.807) is 6.07 Å². The van der Waals surface area contributed by atoms with Gasteiger partial charge in [0.1, 0.15) is 10.2 Å². The third-order valence-electron chi connectivity index (χ3n) is 5.40. The number of aromatic nitrogens is 1. The van der Waals surface area contributed by atoms with Crippen LogP contribution in [-0.2, 0) is 4.79 Å². The highest BCUT2D eigenvalue weighted by Crippen LogP contribution is 2.65. The summed E-state index contributed by atoms with van der Waals surface area (Å²) in [5.74, 6) is -2.68. The molecule has 2 atom stereocenters. The summed E-state index contributed by atoms with van der Waals surface area (Å²) in [7, 11) is 1.45. The van der Waals surface area contributed by atoms with Gasteiger partial charge in [-0.05, 0) is 51.8 Å². The highest BCUT2D eigenvalue weighted by Gasteiger charge is 2.67. The molecule has 3 aromatic rings. The molecule has 0 aliphatic heterocycles. The minimum atomic E-state index is -1.40. The fourth-order valence-electron chi connectivity index (χ4n) is 3.59. The first-order valence-electron chi connectivity index (χ1n) is 9.97. The second-order valence-corrected chi connectivity index (χ2v) is 10.8. The molecule has 0 unspecified atom stereocenters. The lowest BCUT2D eigenvalue weighted by atomic mass is 10.1. The van der Waals surface area contributed by atoms with Gasteiger partial charge in [0, 0.05) is 23.9 Å². The second kappa shape index (κ2) is 10.1. The van der Waals surface area contributed by atoms with Crippen LogP contribution in [0.15, 0.2) is 53.1 Å². The van der Waals surface area contributed by atoms with E-state index in [4.69, 9.17) is 51.1 Å². The minimum absolute atomic E-state index is 0.0931. The molecule has 1 aromatic heterocycles. The molecule has 0 radical (unpaired) electrons. The van der Waals surface area contributed by atoms with E-state index in [0.717, 1.165) is 0 Å². The molecule has 2 N–H and O–H groups in total. The average Bonchev–Trinajstić information content (AvgIpc) is 3.40. The first kappa shape index (κ1) is 26.0. The zero-order chi connectivity index (χ0) is 25.5. The van der Waals surface area contributed by atoms with Crippen molar-refractivity contribution in [1.29, 1.82) is 0 Å². The molecule has 1 saturated carbocycles. The lowest BCUT2D eigenvalue weighted by Crippen LogP contribution is -2.18. The molecular formula is C23H15BrCl4FN3O3. The topological polar surface area (TPSA) is 80.3 Å². The summed E-state index contributed by atoms with van der Waals surface area (Å²) in [6.07, 6.45) is 1.48. The van der Waals surface area contributed by atoms with E-state index >= 15 is 0 Å². The summed E-state index contributed by atoms with van der Waals surface area (Å²) in [4.78, 5) is 29.9. The fraction of sp³-hybridized carbons (Fsp3) is 0.174. The van der Waals surface area contributed by atoms with E-state index in [1.807, 2.05) is 0 Å². The van der Waals surface area contributed by atoms with Gasteiger partial charge >= 0.3 is 0 Å². The van der Waals surface area contributed by atoms with Crippen LogP contribution < -0.4 is 15.4 Å². The number of carbonyl (C=O) groups is 2. The second-order valence-electron chi connectivity index (χ2n) is 7.65. The van der Waals surface area contributed by atoms with Gasteiger partial charge in [-0.2, -0.15) is 0 Å². The number of anilines is 2. The maximum atomic E-state index is 13.5. The summed E-state index contributed by atoms with van der Waals surface area (Å²) < 4.78 is 17.7. The predicted octanol–water partition coefficient (Wildman–Crippen LogP) is 7.08. The third-order valence-corrected chi connectivity index (χ3v) is 7.60. The highest BCUT2D eigenvalue weighted by molar-refractivity contribution is 9.10. The van der Waals surface area contributed by atoms with Crippen LogP contribution in [0.1, 0.15) is 21.8 Å². The van der Waals surface area contributed by atoms with Crippen LogP contribution in [0.5, 0.6) is 5.88 Å². The smallest absolute Gasteiger partial charge is 0.257 e. The quantitative estimate of drug-likeness (QED) is 0.288. The summed E-state index contributed by atoms with van der Waals surface area (Å²) >= 11 is 28.1. The number of amides is 2. The molecule has 1 aliphatic carbocycles. The Kier molecular flexibility index (Phi) is 7.50. The summed E-state index contributed by atoms with van der Waals surface area (Å²) in [5, 5.41) is 5.51. The van der Waals surface area contributed by atoms with Gasteiger partial charge in [-0.1, -0.05) is 29.3 Å². The number of methoxy groups -OCH3 is 1. The van der Waals surface area contributed by atoms with Crippen molar-refractivity contribution in [3.05, 3.63) is 80.1 Å². The Morgan fingerprint density at radius 1 is 1.09 bits per heavy atom. The predicted molar refractivity (Wildman–Crippen MR) is 139 cm³/mol. The Balaban J connectivity index is 1.51. The number of rotatable bonds is 6. The summed E-state index contributed by atoms with van der Waals surface area (Å²) in [5.41, 5.74) is 1.38. The first-order chi connectivity index (χ1) is 16.5. The third kappa shape index (κ3) is 5.37. The van der Waals surface area contributed by atoms with Crippen LogP contribution in [0, 0.1) is 11.7 Å². The maximum Gasteiger partial charge on any atom is 0.257 e. The van der Waals surface area contributed by atoms with E-state index in [0.29, 0.717) is 27.3 Å². The van der Waals surface area contributed by atoms with Crippen LogP contribution in [0.3, 0.4) is 0 Å². The number of hydrogen-bond donors (Lipinski definition) is 2. The Hall–Kier alpha value is -2.10. The van der Waals surface area contributed by atoms with Gasteiger partial charge in [-0.3, -0.25) is 9.59 Å². The van der Waals surface area contributed by atoms with Crippen LogP contribution in [0.4, 0.5) is 15.8 Å². The zero-order valence-electron chi connectivity index (χ0n) is 17.7. The Labute approximate surface area is 228 Å². The molecule has 1 aliphatic rings. The number of halogens is 6. The number of benzene rings is 2. The van der Waals surface area contributed by atoms with Crippen molar-refractivity contribution in [3.63, 3.8) is 0 Å². The van der Waals surface area contributed by atoms with Crippen LogP contribution in [0.25, 0.3) is 0 Å². The lowest BCUT2D eigenvalue weighted by Gasteiger charge is -2.12. The van der Waals surface area contributed by atoms with Gasteiger partial charge in [0.05, 0.1) is 38.8 Å². The van der Waals surface area contributed by atoms with Crippen molar-refractivity contribution in [2.45, 2.75) is 10.3 Å². The lowest BCUT2D eigenvalue weighted by molar-refractivity contribution is -0.117. The Morgan fingerprint density at radius 3 is 2.51 bits per heavy atom. The van der Waals surface area contributed by atoms with E-state index in [-0.39, 0.29) is 15.6 Å². The molecule has 1 fully saturated rings. The van der Waals surface area contributed by atoms with Crippen molar-refractivity contribution in [1.82, 2.24) is 4.98 Å². The Morgan fingerprint density at radius 2 is 1.83 bits per heavy atom. The van der Waals surface area contributed by atoms with Crippen molar-refractivity contribution in [2.24, 2.45) is 5.92 Å². The van der Waals surface area contributed by atoms with Gasteiger partial charge in [0.15, 0.2) is 0 Å². The number of alkyl halides is 2. The van der Waals surface area contributed by atoms with E-state index < -0.39 is 33.8 Å². The van der Waals surface area contributed by atoms with Gasteiger partial charge in [-0.15, -0.1) is 23.2 Å². The standard InChI is InChI=1S/C23H15BrCl4FN3O3/c1-35-18-8-17(13(24)9-30-18)32-21(33)12-7-11(3-4-14(12)25)31-22(34)20-19(23(20,27)28)10-2-5-16(29)15(26)6-10/h2-9,19-20H,1H3,(H,31,34)(H,30,32,33)/t19-,20+/m1/s1. The van der Waals surface area contributed by atoms with Gasteiger partial charge in [-0.25, -0.2) is 9.37 Å². The number of hydrogen-bond acceptors (Lipinski definition) is 4. The minimum Gasteiger partial charge on any atom is -0.481 e. The fourth-order valence-corrected chi connectivity index (χ4v) is 5.12. The number of nitrogens with zero attached hydrogens (tertiary/aromatic N) is 1. The molecule has 0 saturated heterocycles. The first-order valence-corrected chi connectivity index (χ1v) is 12.3. The summed E-state index contributed by atoms with van der Waals surface area (Å²) in [6, 6.07) is 10.1. The molecule has 2 aromatic carbocycles. The molecule has 35 heavy (non-hydrogen) atoms.